The summed E-state index contributed by atoms with van der Waals surface area (Å²) in [5, 5.41) is 3.34. The van der Waals surface area contributed by atoms with Gasteiger partial charge in [0.1, 0.15) is 12.3 Å². The van der Waals surface area contributed by atoms with Gasteiger partial charge in [-0.3, -0.25) is 9.10 Å². The Morgan fingerprint density at radius 1 is 1.00 bits per heavy atom. The van der Waals surface area contributed by atoms with Crippen LogP contribution >= 0.6 is 11.6 Å². The van der Waals surface area contributed by atoms with E-state index in [9.17, 15) is 13.2 Å². The van der Waals surface area contributed by atoms with Crippen molar-refractivity contribution in [1.29, 1.82) is 0 Å². The number of aryl methyl sites for hydroxylation is 2. The lowest BCUT2D eigenvalue weighted by atomic mass is 10.0. The third kappa shape index (κ3) is 6.10. The van der Waals surface area contributed by atoms with Gasteiger partial charge in [0.25, 0.3) is 10.0 Å². The summed E-state index contributed by atoms with van der Waals surface area (Å²) in [6, 6.07) is 18.2. The number of amides is 1. The average Bonchev–Trinajstić information content (AvgIpc) is 2.80. The number of nitrogens with one attached hydrogen (secondary N) is 1. The highest BCUT2D eigenvalue weighted by molar-refractivity contribution is 7.92. The van der Waals surface area contributed by atoms with Crippen molar-refractivity contribution in [3.63, 3.8) is 0 Å². The first-order chi connectivity index (χ1) is 16.1. The fraction of sp³-hybridized carbons (Fsp3) is 0.269. The highest BCUT2D eigenvalue weighted by Crippen LogP contribution is 2.27. The van der Waals surface area contributed by atoms with E-state index in [2.05, 4.69) is 5.32 Å². The van der Waals surface area contributed by atoms with Crippen LogP contribution in [0.3, 0.4) is 0 Å². The van der Waals surface area contributed by atoms with Crippen LogP contribution in [0.2, 0.25) is 5.02 Å². The largest absolute Gasteiger partial charge is 0.494 e. The van der Waals surface area contributed by atoms with Gasteiger partial charge < -0.3 is 10.1 Å². The van der Waals surface area contributed by atoms with E-state index in [4.69, 9.17) is 16.3 Å². The van der Waals surface area contributed by atoms with Crippen LogP contribution in [-0.4, -0.2) is 27.5 Å². The smallest absolute Gasteiger partial charge is 0.264 e. The lowest BCUT2D eigenvalue weighted by Crippen LogP contribution is -2.41. The van der Waals surface area contributed by atoms with Crippen LogP contribution in [0.1, 0.15) is 36.6 Å². The first-order valence-corrected chi connectivity index (χ1v) is 12.8. The highest BCUT2D eigenvalue weighted by atomic mass is 35.5. The standard InChI is InChI=1S/C26H29ClN2O4S/c1-5-33-24-12-10-23(11-13-24)29(34(31,32)25-14-8-22(27)9-15-25)17-26(30)28-20(4)21-7-6-18(2)19(3)16-21/h6-16,20H,5,17H2,1-4H3,(H,28,30). The first kappa shape index (κ1) is 25.6. The van der Waals surface area contributed by atoms with E-state index in [1.807, 2.05) is 45.9 Å². The Labute approximate surface area is 206 Å². The molecule has 1 amide bonds. The molecule has 0 aliphatic rings. The van der Waals surface area contributed by atoms with E-state index in [0.29, 0.717) is 23.1 Å². The van der Waals surface area contributed by atoms with Crippen molar-refractivity contribution in [2.24, 2.45) is 0 Å². The summed E-state index contributed by atoms with van der Waals surface area (Å²) >= 11 is 5.94. The molecule has 0 radical (unpaired) electrons. The molecule has 3 aromatic carbocycles. The number of sulfonamides is 1. The Kier molecular flexibility index (Phi) is 8.23. The number of anilines is 1. The Balaban J connectivity index is 1.89. The molecule has 0 fully saturated rings. The van der Waals surface area contributed by atoms with Gasteiger partial charge in [0.2, 0.25) is 5.91 Å². The molecule has 0 aliphatic heterocycles. The summed E-state index contributed by atoms with van der Waals surface area (Å²) in [6.45, 7) is 7.89. The maximum atomic E-state index is 13.5. The van der Waals surface area contributed by atoms with Gasteiger partial charge in [-0.25, -0.2) is 8.42 Å². The molecule has 8 heteroatoms. The molecule has 1 N–H and O–H groups in total. The number of carbonyl (C=O) groups excluding carboxylic acids is 1. The molecule has 0 saturated heterocycles. The van der Waals surface area contributed by atoms with E-state index in [-0.39, 0.29) is 17.5 Å². The number of nitrogens with zero attached hydrogens (tertiary/aromatic N) is 1. The van der Waals surface area contributed by atoms with Gasteiger partial charge in [0.05, 0.1) is 23.2 Å². The zero-order valence-corrected chi connectivity index (χ0v) is 21.3. The Hall–Kier alpha value is -3.03. The predicted octanol–water partition coefficient (Wildman–Crippen LogP) is 5.43. The molecular weight excluding hydrogens is 472 g/mol. The van der Waals surface area contributed by atoms with Crippen LogP contribution in [0.5, 0.6) is 5.75 Å². The molecule has 1 unspecified atom stereocenters. The van der Waals surface area contributed by atoms with E-state index >= 15 is 0 Å². The van der Waals surface area contributed by atoms with Crippen LogP contribution in [0.4, 0.5) is 5.69 Å². The molecular formula is C26H29ClN2O4S. The quantitative estimate of drug-likeness (QED) is 0.425. The van der Waals surface area contributed by atoms with Gasteiger partial charge >= 0.3 is 0 Å². The molecule has 3 aromatic rings. The minimum absolute atomic E-state index is 0.0424. The van der Waals surface area contributed by atoms with Crippen LogP contribution < -0.4 is 14.4 Å². The van der Waals surface area contributed by atoms with Crippen LogP contribution in [0, 0.1) is 13.8 Å². The van der Waals surface area contributed by atoms with Crippen LogP contribution in [0.25, 0.3) is 0 Å². The molecule has 0 aromatic heterocycles. The summed E-state index contributed by atoms with van der Waals surface area (Å²) in [7, 11) is -4.03. The number of carbonyl (C=O) groups is 1. The predicted molar refractivity (Wildman–Crippen MR) is 136 cm³/mol. The first-order valence-electron chi connectivity index (χ1n) is 11.0. The minimum atomic E-state index is -4.03. The molecule has 0 spiro atoms. The van der Waals surface area contributed by atoms with Crippen molar-refractivity contribution in [1.82, 2.24) is 5.32 Å². The van der Waals surface area contributed by atoms with Crippen molar-refractivity contribution in [3.05, 3.63) is 88.4 Å². The van der Waals surface area contributed by atoms with Crippen molar-refractivity contribution < 1.29 is 17.9 Å². The number of hydrogen-bond donors (Lipinski definition) is 1. The second-order valence-corrected chi connectivity index (χ2v) is 10.3. The molecule has 0 bridgehead atoms. The Morgan fingerprint density at radius 2 is 1.65 bits per heavy atom. The number of halogens is 1. The number of hydrogen-bond acceptors (Lipinski definition) is 4. The van der Waals surface area contributed by atoms with Gasteiger partial charge in [-0.2, -0.15) is 0 Å². The summed E-state index contributed by atoms with van der Waals surface area (Å²) < 4.78 is 33.6. The fourth-order valence-electron chi connectivity index (χ4n) is 3.46. The van der Waals surface area contributed by atoms with E-state index in [0.717, 1.165) is 21.0 Å². The Bertz CT molecular complexity index is 1240. The van der Waals surface area contributed by atoms with Gasteiger partial charge in [-0.1, -0.05) is 29.8 Å². The lowest BCUT2D eigenvalue weighted by molar-refractivity contribution is -0.120. The monoisotopic (exact) mass is 500 g/mol. The molecule has 180 valence electrons. The Morgan fingerprint density at radius 3 is 2.24 bits per heavy atom. The van der Waals surface area contributed by atoms with E-state index < -0.39 is 15.9 Å². The highest BCUT2D eigenvalue weighted by Gasteiger charge is 2.28. The summed E-state index contributed by atoms with van der Waals surface area (Å²) in [6.07, 6.45) is 0. The number of rotatable bonds is 9. The molecule has 1 atom stereocenters. The molecule has 0 aliphatic carbocycles. The zero-order chi connectivity index (χ0) is 24.9. The van der Waals surface area contributed by atoms with Crippen molar-refractivity contribution in [2.75, 3.05) is 17.5 Å². The molecule has 3 rings (SSSR count). The fourth-order valence-corrected chi connectivity index (χ4v) is 5.01. The van der Waals surface area contributed by atoms with Gasteiger partial charge in [-0.05, 0) is 92.9 Å². The van der Waals surface area contributed by atoms with Crippen molar-refractivity contribution in [2.45, 2.75) is 38.6 Å². The van der Waals surface area contributed by atoms with Crippen molar-refractivity contribution >= 4 is 33.2 Å². The normalized spacial score (nSPS) is 12.1. The second-order valence-electron chi connectivity index (χ2n) is 8.03. The molecule has 0 heterocycles. The van der Waals surface area contributed by atoms with E-state index in [1.165, 1.54) is 24.3 Å². The summed E-state index contributed by atoms with van der Waals surface area (Å²) in [5.74, 6) is 0.194. The maximum absolute atomic E-state index is 13.5. The molecule has 6 nitrogen and oxygen atoms in total. The van der Waals surface area contributed by atoms with Crippen LogP contribution in [0.15, 0.2) is 71.6 Å². The average molecular weight is 501 g/mol. The van der Waals surface area contributed by atoms with Crippen molar-refractivity contribution in [3.8, 4) is 5.75 Å². The number of benzene rings is 3. The van der Waals surface area contributed by atoms with Gasteiger partial charge in [-0.15, -0.1) is 0 Å². The van der Waals surface area contributed by atoms with E-state index in [1.54, 1.807) is 24.3 Å². The lowest BCUT2D eigenvalue weighted by Gasteiger charge is -2.25. The SMILES string of the molecule is CCOc1ccc(N(CC(=O)NC(C)c2ccc(C)c(C)c2)S(=O)(=O)c2ccc(Cl)cc2)cc1. The minimum Gasteiger partial charge on any atom is -0.494 e. The summed E-state index contributed by atoms with van der Waals surface area (Å²) in [5.41, 5.74) is 3.59. The third-order valence-electron chi connectivity index (χ3n) is 5.53. The second kappa shape index (κ2) is 10.9. The van der Waals surface area contributed by atoms with Crippen LogP contribution in [-0.2, 0) is 14.8 Å². The third-order valence-corrected chi connectivity index (χ3v) is 7.57. The number of ether oxygens (including phenoxy) is 1. The zero-order valence-electron chi connectivity index (χ0n) is 19.7. The summed E-state index contributed by atoms with van der Waals surface area (Å²) in [4.78, 5) is 13.0. The van der Waals surface area contributed by atoms with Gasteiger partial charge in [0.15, 0.2) is 0 Å². The molecule has 34 heavy (non-hydrogen) atoms. The topological polar surface area (TPSA) is 75.7 Å². The maximum Gasteiger partial charge on any atom is 0.264 e. The van der Waals surface area contributed by atoms with Gasteiger partial charge in [0, 0.05) is 5.02 Å². The molecule has 0 saturated carbocycles.